The number of benzene rings is 1. The van der Waals surface area contributed by atoms with Crippen LogP contribution in [-0.4, -0.2) is 31.1 Å². The van der Waals surface area contributed by atoms with Crippen LogP contribution in [0.5, 0.6) is 5.75 Å². The summed E-state index contributed by atoms with van der Waals surface area (Å²) in [5, 5.41) is 7.37. The Morgan fingerprint density at radius 2 is 2.21 bits per heavy atom. The molecule has 0 atom stereocenters. The van der Waals surface area contributed by atoms with Crippen molar-refractivity contribution in [2.24, 2.45) is 4.99 Å². The number of nitrogens with one attached hydrogen (secondary N) is 2. The van der Waals surface area contributed by atoms with E-state index in [2.05, 4.69) is 27.5 Å². The summed E-state index contributed by atoms with van der Waals surface area (Å²) < 4.78 is 18.5. The number of hydrogen-bond donors (Lipinski definition) is 2. The summed E-state index contributed by atoms with van der Waals surface area (Å²) in [4.78, 5) is 9.77. The van der Waals surface area contributed by atoms with Crippen LogP contribution in [-0.2, 0) is 13.0 Å². The molecule has 2 aromatic rings. The van der Waals surface area contributed by atoms with Crippen LogP contribution in [0, 0.1) is 5.82 Å². The Balaban J connectivity index is 0.00000288. The lowest BCUT2D eigenvalue weighted by Gasteiger charge is -2.11. The van der Waals surface area contributed by atoms with Crippen molar-refractivity contribution in [3.8, 4) is 5.75 Å². The lowest BCUT2D eigenvalue weighted by Crippen LogP contribution is -2.38. The molecule has 8 heteroatoms. The van der Waals surface area contributed by atoms with E-state index in [1.807, 2.05) is 6.20 Å². The van der Waals surface area contributed by atoms with Crippen molar-refractivity contribution in [2.45, 2.75) is 19.9 Å². The van der Waals surface area contributed by atoms with Crippen molar-refractivity contribution >= 4 is 41.3 Å². The highest BCUT2D eigenvalue weighted by atomic mass is 127. The first-order valence-corrected chi connectivity index (χ1v) is 8.29. The van der Waals surface area contributed by atoms with Crippen molar-refractivity contribution in [1.29, 1.82) is 0 Å². The van der Waals surface area contributed by atoms with Crippen LogP contribution in [0.25, 0.3) is 0 Å². The predicted octanol–water partition coefficient (Wildman–Crippen LogP) is 3.21. The average Bonchev–Trinajstić information content (AvgIpc) is 3.02. The van der Waals surface area contributed by atoms with E-state index in [1.165, 1.54) is 17.0 Å². The maximum Gasteiger partial charge on any atom is 0.191 e. The van der Waals surface area contributed by atoms with Gasteiger partial charge in [-0.15, -0.1) is 35.3 Å². The van der Waals surface area contributed by atoms with Gasteiger partial charge in [-0.1, -0.05) is 13.0 Å². The number of thiazole rings is 1. The van der Waals surface area contributed by atoms with E-state index < -0.39 is 0 Å². The first kappa shape index (κ1) is 20.6. The molecule has 0 radical (unpaired) electrons. The van der Waals surface area contributed by atoms with E-state index in [4.69, 9.17) is 4.74 Å². The molecule has 1 aromatic carbocycles. The number of aliphatic imine (C=N–C) groups is 1. The van der Waals surface area contributed by atoms with Crippen LogP contribution >= 0.6 is 35.3 Å². The summed E-state index contributed by atoms with van der Waals surface area (Å²) in [6, 6.07) is 6.10. The number of rotatable bonds is 7. The van der Waals surface area contributed by atoms with Crippen molar-refractivity contribution in [2.75, 3.05) is 20.2 Å². The van der Waals surface area contributed by atoms with Crippen LogP contribution in [0.2, 0.25) is 0 Å². The molecule has 1 aromatic heterocycles. The number of guanidine groups is 1. The van der Waals surface area contributed by atoms with Gasteiger partial charge in [0.25, 0.3) is 0 Å². The van der Waals surface area contributed by atoms with Crippen molar-refractivity contribution in [3.63, 3.8) is 0 Å². The van der Waals surface area contributed by atoms with Gasteiger partial charge in [-0.3, -0.25) is 4.99 Å². The van der Waals surface area contributed by atoms with E-state index in [0.717, 1.165) is 11.4 Å². The highest BCUT2D eigenvalue weighted by molar-refractivity contribution is 14.0. The summed E-state index contributed by atoms with van der Waals surface area (Å²) >= 11 is 1.70. The molecule has 0 spiro atoms. The summed E-state index contributed by atoms with van der Waals surface area (Å²) in [7, 11) is 1.71. The molecule has 0 aliphatic carbocycles. The minimum absolute atomic E-state index is 0. The third-order valence-electron chi connectivity index (χ3n) is 3.04. The molecular formula is C16H22FIN4OS. The molecule has 0 saturated heterocycles. The molecule has 24 heavy (non-hydrogen) atoms. The SMILES string of the molecule is CCc1cnc(CNC(=NC)NCCOc2cccc(F)c2)s1.I. The lowest BCUT2D eigenvalue weighted by molar-refractivity contribution is 0.320. The molecule has 0 aliphatic heterocycles. The molecular weight excluding hydrogens is 442 g/mol. The Bertz CT molecular complexity index is 651. The number of hydrogen-bond acceptors (Lipinski definition) is 4. The summed E-state index contributed by atoms with van der Waals surface area (Å²) in [6.45, 7) is 3.73. The van der Waals surface area contributed by atoms with Crippen LogP contribution in [0.4, 0.5) is 4.39 Å². The first-order valence-electron chi connectivity index (χ1n) is 7.47. The van der Waals surface area contributed by atoms with E-state index in [1.54, 1.807) is 30.5 Å². The monoisotopic (exact) mass is 464 g/mol. The standard InChI is InChI=1S/C16H21FN4OS.HI/c1-3-14-10-20-15(23-14)11-21-16(18-2)19-7-8-22-13-6-4-5-12(17)9-13;/h4-6,9-10H,3,7-8,11H2,1-2H3,(H2,18,19,21);1H. The minimum Gasteiger partial charge on any atom is -0.492 e. The molecule has 5 nitrogen and oxygen atoms in total. The number of aryl methyl sites for hydroxylation is 1. The summed E-state index contributed by atoms with van der Waals surface area (Å²) in [5.74, 6) is 0.897. The molecule has 0 bridgehead atoms. The van der Waals surface area contributed by atoms with E-state index in [9.17, 15) is 4.39 Å². The van der Waals surface area contributed by atoms with Crippen molar-refractivity contribution in [3.05, 3.63) is 46.2 Å². The van der Waals surface area contributed by atoms with Gasteiger partial charge in [-0.25, -0.2) is 9.37 Å². The van der Waals surface area contributed by atoms with Gasteiger partial charge in [0, 0.05) is 24.2 Å². The van der Waals surface area contributed by atoms with Gasteiger partial charge in [0.1, 0.15) is 23.2 Å². The Morgan fingerprint density at radius 3 is 2.88 bits per heavy atom. The number of ether oxygens (including phenoxy) is 1. The van der Waals surface area contributed by atoms with Crippen LogP contribution < -0.4 is 15.4 Å². The van der Waals surface area contributed by atoms with E-state index in [-0.39, 0.29) is 29.8 Å². The molecule has 2 rings (SSSR count). The molecule has 0 fully saturated rings. The second kappa shape index (κ2) is 11.2. The van der Waals surface area contributed by atoms with Crippen molar-refractivity contribution < 1.29 is 9.13 Å². The lowest BCUT2D eigenvalue weighted by atomic mass is 10.3. The number of nitrogens with zero attached hydrogens (tertiary/aromatic N) is 2. The highest BCUT2D eigenvalue weighted by Crippen LogP contribution is 2.13. The summed E-state index contributed by atoms with van der Waals surface area (Å²) in [5.41, 5.74) is 0. The van der Waals surface area contributed by atoms with Gasteiger partial charge >= 0.3 is 0 Å². The largest absolute Gasteiger partial charge is 0.492 e. The molecule has 2 N–H and O–H groups in total. The molecule has 0 unspecified atom stereocenters. The van der Waals surface area contributed by atoms with Crippen molar-refractivity contribution in [1.82, 2.24) is 15.6 Å². The Labute approximate surface area is 162 Å². The van der Waals surface area contributed by atoms with Gasteiger partial charge in [0.15, 0.2) is 5.96 Å². The minimum atomic E-state index is -0.303. The fourth-order valence-electron chi connectivity index (χ4n) is 1.87. The van der Waals surface area contributed by atoms with E-state index >= 15 is 0 Å². The highest BCUT2D eigenvalue weighted by Gasteiger charge is 2.03. The third-order valence-corrected chi connectivity index (χ3v) is 4.18. The zero-order chi connectivity index (χ0) is 16.5. The van der Waals surface area contributed by atoms with Gasteiger partial charge in [-0.2, -0.15) is 0 Å². The Hall–Kier alpha value is -1.42. The van der Waals surface area contributed by atoms with Crippen LogP contribution in [0.3, 0.4) is 0 Å². The maximum atomic E-state index is 13.0. The van der Waals surface area contributed by atoms with Gasteiger partial charge in [-0.05, 0) is 18.6 Å². The van der Waals surface area contributed by atoms with E-state index in [0.29, 0.717) is 31.4 Å². The fraction of sp³-hybridized carbons (Fsp3) is 0.375. The van der Waals surface area contributed by atoms with Crippen LogP contribution in [0.15, 0.2) is 35.5 Å². The normalized spacial score (nSPS) is 10.9. The Kier molecular flexibility index (Phi) is 9.62. The van der Waals surface area contributed by atoms with Gasteiger partial charge in [0.2, 0.25) is 0 Å². The Morgan fingerprint density at radius 1 is 1.38 bits per heavy atom. The number of aromatic nitrogens is 1. The summed E-state index contributed by atoms with van der Waals surface area (Å²) in [6.07, 6.45) is 2.91. The quantitative estimate of drug-likeness (QED) is 0.286. The van der Waals surface area contributed by atoms with Crippen LogP contribution in [0.1, 0.15) is 16.8 Å². The zero-order valence-corrected chi connectivity index (χ0v) is 16.9. The smallest absolute Gasteiger partial charge is 0.191 e. The average molecular weight is 464 g/mol. The van der Waals surface area contributed by atoms with Gasteiger partial charge < -0.3 is 15.4 Å². The molecule has 1 heterocycles. The second-order valence-electron chi connectivity index (χ2n) is 4.73. The topological polar surface area (TPSA) is 58.5 Å². The molecule has 0 amide bonds. The molecule has 0 saturated carbocycles. The van der Waals surface area contributed by atoms with Gasteiger partial charge in [0.05, 0.1) is 13.1 Å². The number of halogens is 2. The third kappa shape index (κ3) is 7.00. The predicted molar refractivity (Wildman–Crippen MR) is 107 cm³/mol. The fourth-order valence-corrected chi connectivity index (χ4v) is 2.67. The zero-order valence-electron chi connectivity index (χ0n) is 13.7. The maximum absolute atomic E-state index is 13.0. The second-order valence-corrected chi connectivity index (χ2v) is 5.93. The first-order chi connectivity index (χ1) is 11.2. The molecule has 132 valence electrons. The molecule has 0 aliphatic rings.